The summed E-state index contributed by atoms with van der Waals surface area (Å²) in [5.74, 6) is -1.64. The van der Waals surface area contributed by atoms with Gasteiger partial charge in [0.1, 0.15) is 6.04 Å². The maximum Gasteiger partial charge on any atom is 0.335 e. The highest BCUT2D eigenvalue weighted by Crippen LogP contribution is 2.17. The Bertz CT molecular complexity index is 1160. The van der Waals surface area contributed by atoms with E-state index in [4.69, 9.17) is 5.11 Å². The van der Waals surface area contributed by atoms with Crippen LogP contribution in [0.25, 0.3) is 0 Å². The minimum atomic E-state index is -3.96. The van der Waals surface area contributed by atoms with E-state index in [2.05, 4.69) is 26.0 Å². The average Bonchev–Trinajstić information content (AvgIpc) is 2.74. The van der Waals surface area contributed by atoms with E-state index in [1.807, 2.05) is 6.07 Å². The van der Waals surface area contributed by atoms with Crippen LogP contribution in [0.2, 0.25) is 0 Å². The fourth-order valence-corrected chi connectivity index (χ4v) is 4.29. The van der Waals surface area contributed by atoms with Crippen molar-refractivity contribution in [3.63, 3.8) is 0 Å². The number of hydrogen-bond acceptors (Lipinski definition) is 4. The summed E-state index contributed by atoms with van der Waals surface area (Å²) >= 11 is 3.27. The molecule has 0 heterocycles. The van der Waals surface area contributed by atoms with Crippen LogP contribution in [0.4, 0.5) is 5.69 Å². The Hall–Kier alpha value is -3.01. The smallest absolute Gasteiger partial charge is 0.335 e. The normalized spacial score (nSPS) is 12.2. The first-order chi connectivity index (χ1) is 14.7. The summed E-state index contributed by atoms with van der Waals surface area (Å²) in [7, 11) is -3.96. The third-order valence-corrected chi connectivity index (χ3v) is 6.44. The monoisotopic (exact) mass is 502 g/mol. The van der Waals surface area contributed by atoms with Crippen molar-refractivity contribution >= 4 is 43.5 Å². The molecule has 0 saturated heterocycles. The number of nitrogens with one attached hydrogen (secondary N) is 2. The van der Waals surface area contributed by atoms with E-state index in [9.17, 15) is 18.0 Å². The van der Waals surface area contributed by atoms with Crippen LogP contribution < -0.4 is 10.0 Å². The molecule has 3 aromatic carbocycles. The van der Waals surface area contributed by atoms with Crippen LogP contribution in [0.1, 0.15) is 15.9 Å². The number of amides is 1. The molecule has 3 rings (SSSR count). The lowest BCUT2D eigenvalue weighted by atomic mass is 10.1. The molecule has 3 aromatic rings. The van der Waals surface area contributed by atoms with Gasteiger partial charge in [-0.2, -0.15) is 4.72 Å². The molecule has 0 aliphatic carbocycles. The van der Waals surface area contributed by atoms with Crippen LogP contribution in [-0.4, -0.2) is 31.4 Å². The summed E-state index contributed by atoms with van der Waals surface area (Å²) in [5.41, 5.74) is 1.22. The molecule has 0 aliphatic heterocycles. The van der Waals surface area contributed by atoms with Crippen LogP contribution in [-0.2, 0) is 21.2 Å². The van der Waals surface area contributed by atoms with Crippen LogP contribution in [0.3, 0.4) is 0 Å². The lowest BCUT2D eigenvalue weighted by molar-refractivity contribution is -0.117. The maximum atomic E-state index is 12.9. The fourth-order valence-electron chi connectivity index (χ4n) is 2.83. The topological polar surface area (TPSA) is 113 Å². The average molecular weight is 503 g/mol. The maximum absolute atomic E-state index is 12.9. The van der Waals surface area contributed by atoms with Crippen molar-refractivity contribution in [2.24, 2.45) is 0 Å². The lowest BCUT2D eigenvalue weighted by Gasteiger charge is -2.19. The van der Waals surface area contributed by atoms with Crippen LogP contribution in [0.5, 0.6) is 0 Å². The number of rotatable bonds is 8. The van der Waals surface area contributed by atoms with Crippen molar-refractivity contribution in [1.29, 1.82) is 0 Å². The second-order valence-corrected chi connectivity index (χ2v) is 9.32. The first-order valence-corrected chi connectivity index (χ1v) is 11.5. The number of halogens is 1. The number of sulfonamides is 1. The molecule has 0 saturated carbocycles. The highest BCUT2D eigenvalue weighted by Gasteiger charge is 2.26. The predicted molar refractivity (Wildman–Crippen MR) is 120 cm³/mol. The summed E-state index contributed by atoms with van der Waals surface area (Å²) < 4.78 is 28.9. The highest BCUT2D eigenvalue weighted by molar-refractivity contribution is 9.10. The molecule has 7 nitrogen and oxygen atoms in total. The van der Waals surface area contributed by atoms with E-state index in [0.717, 1.165) is 10.0 Å². The zero-order valence-corrected chi connectivity index (χ0v) is 18.6. The molecule has 0 spiro atoms. The molecule has 31 heavy (non-hydrogen) atoms. The molecule has 9 heteroatoms. The molecule has 1 amide bonds. The van der Waals surface area contributed by atoms with Crippen molar-refractivity contribution in [3.05, 3.63) is 94.5 Å². The van der Waals surface area contributed by atoms with E-state index in [1.165, 1.54) is 36.4 Å². The number of benzene rings is 3. The number of carboxylic acids is 1. The predicted octanol–water partition coefficient (Wildman–Crippen LogP) is 3.68. The Morgan fingerprint density at radius 3 is 2.10 bits per heavy atom. The van der Waals surface area contributed by atoms with Gasteiger partial charge in [-0.25, -0.2) is 13.2 Å². The standard InChI is InChI=1S/C22H19BrN2O5S/c23-17-8-12-19(13-9-17)31(29,30)25-20(14-15-4-2-1-3-5-15)21(26)24-18-10-6-16(7-11-18)22(27)28/h1-13,20,25H,14H2,(H,24,26)(H,27,28)/t20-/m0/s1. The van der Waals surface area contributed by atoms with Crippen LogP contribution in [0.15, 0.2) is 88.2 Å². The van der Waals surface area contributed by atoms with Crippen molar-refractivity contribution in [1.82, 2.24) is 4.72 Å². The Labute approximate surface area is 188 Å². The summed E-state index contributed by atoms with van der Waals surface area (Å²) in [6.07, 6.45) is 0.135. The van der Waals surface area contributed by atoms with Gasteiger partial charge in [-0.05, 0) is 60.5 Å². The van der Waals surface area contributed by atoms with Crippen molar-refractivity contribution < 1.29 is 23.1 Å². The van der Waals surface area contributed by atoms with E-state index < -0.39 is 27.9 Å². The molecule has 0 fully saturated rings. The SMILES string of the molecule is O=C(O)c1ccc(NC(=O)[C@H](Cc2ccccc2)NS(=O)(=O)c2ccc(Br)cc2)cc1. The second-order valence-electron chi connectivity index (χ2n) is 6.69. The molecule has 0 radical (unpaired) electrons. The molecule has 0 bridgehead atoms. The van der Waals surface area contributed by atoms with Crippen molar-refractivity contribution in [3.8, 4) is 0 Å². The Kier molecular flexibility index (Phi) is 7.21. The Morgan fingerprint density at radius 1 is 0.903 bits per heavy atom. The molecule has 160 valence electrons. The van der Waals surface area contributed by atoms with E-state index in [1.54, 1.807) is 36.4 Å². The zero-order chi connectivity index (χ0) is 22.4. The lowest BCUT2D eigenvalue weighted by Crippen LogP contribution is -2.45. The van der Waals surface area contributed by atoms with E-state index in [-0.39, 0.29) is 16.9 Å². The number of hydrogen-bond donors (Lipinski definition) is 3. The number of carbonyl (C=O) groups is 2. The van der Waals surface area contributed by atoms with Crippen molar-refractivity contribution in [2.75, 3.05) is 5.32 Å². The summed E-state index contributed by atoms with van der Waals surface area (Å²) in [4.78, 5) is 24.0. The van der Waals surface area contributed by atoms with Gasteiger partial charge in [0.15, 0.2) is 0 Å². The first-order valence-electron chi connectivity index (χ1n) is 9.20. The summed E-state index contributed by atoms with van der Waals surface area (Å²) in [5, 5.41) is 11.6. The van der Waals surface area contributed by atoms with E-state index >= 15 is 0 Å². The number of anilines is 1. The largest absolute Gasteiger partial charge is 0.478 e. The fraction of sp³-hybridized carbons (Fsp3) is 0.0909. The van der Waals surface area contributed by atoms with Gasteiger partial charge in [0, 0.05) is 10.2 Å². The first kappa shape index (κ1) is 22.7. The molecule has 0 aliphatic rings. The van der Waals surface area contributed by atoms with Gasteiger partial charge in [-0.15, -0.1) is 0 Å². The molecule has 1 atom stereocenters. The molecule has 0 aromatic heterocycles. The van der Waals surface area contributed by atoms with Gasteiger partial charge in [0.2, 0.25) is 15.9 Å². The van der Waals surface area contributed by atoms with Crippen molar-refractivity contribution in [2.45, 2.75) is 17.4 Å². The van der Waals surface area contributed by atoms with Crippen LogP contribution >= 0.6 is 15.9 Å². The van der Waals surface area contributed by atoms with Gasteiger partial charge >= 0.3 is 5.97 Å². The molecule has 0 unspecified atom stereocenters. The minimum absolute atomic E-state index is 0.0346. The van der Waals surface area contributed by atoms with Gasteiger partial charge < -0.3 is 10.4 Å². The van der Waals surface area contributed by atoms with Gasteiger partial charge in [0.05, 0.1) is 10.5 Å². The Balaban J connectivity index is 1.83. The second kappa shape index (κ2) is 9.86. The molecular formula is C22H19BrN2O5S. The number of carbonyl (C=O) groups excluding carboxylic acids is 1. The third kappa shape index (κ3) is 6.24. The summed E-state index contributed by atoms with van der Waals surface area (Å²) in [6.45, 7) is 0. The number of aromatic carboxylic acids is 1. The quantitative estimate of drug-likeness (QED) is 0.434. The number of carboxylic acid groups (broad SMARTS) is 1. The molecule has 3 N–H and O–H groups in total. The zero-order valence-electron chi connectivity index (χ0n) is 16.2. The minimum Gasteiger partial charge on any atom is -0.478 e. The van der Waals surface area contributed by atoms with Gasteiger partial charge in [-0.1, -0.05) is 46.3 Å². The van der Waals surface area contributed by atoms with Crippen LogP contribution in [0, 0.1) is 0 Å². The van der Waals surface area contributed by atoms with E-state index in [0.29, 0.717) is 5.69 Å². The summed E-state index contributed by atoms with van der Waals surface area (Å²) in [6, 6.07) is 19.6. The van der Waals surface area contributed by atoms with Gasteiger partial charge in [-0.3, -0.25) is 4.79 Å². The molecular weight excluding hydrogens is 484 g/mol. The third-order valence-electron chi connectivity index (χ3n) is 4.42. The van der Waals surface area contributed by atoms with Gasteiger partial charge in [0.25, 0.3) is 0 Å². The Morgan fingerprint density at radius 2 is 1.52 bits per heavy atom. The highest BCUT2D eigenvalue weighted by atomic mass is 79.9.